The smallest absolute Gasteiger partial charge is 0.338 e. The standard InChI is InChI=1S/C27H31NO2/c1-19-14-20(2)16-23(15-19)26(29)30-18-22-8-6-21(7-9-22)17-28-25-12-10-24(11-13-25)27(3,4)5/h6-16,28H,17-18H2,1-5H3/p+1. The summed E-state index contributed by atoms with van der Waals surface area (Å²) in [4.78, 5) is 12.3. The quantitative estimate of drug-likeness (QED) is 0.446. The number of rotatable bonds is 6. The average Bonchev–Trinajstić information content (AvgIpc) is 2.70. The molecule has 3 nitrogen and oxygen atoms in total. The summed E-state index contributed by atoms with van der Waals surface area (Å²) in [6.07, 6.45) is 0. The van der Waals surface area contributed by atoms with E-state index in [1.54, 1.807) is 0 Å². The van der Waals surface area contributed by atoms with Crippen LogP contribution in [0.1, 0.15) is 58.9 Å². The zero-order chi connectivity index (χ0) is 21.7. The molecule has 0 aliphatic carbocycles. The van der Waals surface area contributed by atoms with Crippen molar-refractivity contribution in [3.63, 3.8) is 0 Å². The minimum Gasteiger partial charge on any atom is -0.457 e. The van der Waals surface area contributed by atoms with Crippen LogP contribution in [0, 0.1) is 13.8 Å². The Hall–Kier alpha value is -2.91. The van der Waals surface area contributed by atoms with Gasteiger partial charge in [0.25, 0.3) is 0 Å². The first-order valence-electron chi connectivity index (χ1n) is 10.5. The second-order valence-electron chi connectivity index (χ2n) is 9.05. The van der Waals surface area contributed by atoms with Crippen LogP contribution in [0.5, 0.6) is 0 Å². The SMILES string of the molecule is Cc1cc(C)cc(C(=O)OCc2ccc(C[NH2+]c3ccc(C(C)(C)C)cc3)cc2)c1. The van der Waals surface area contributed by atoms with Crippen molar-refractivity contribution in [2.24, 2.45) is 0 Å². The molecule has 3 aromatic carbocycles. The highest BCUT2D eigenvalue weighted by molar-refractivity contribution is 5.89. The molecule has 156 valence electrons. The second-order valence-corrected chi connectivity index (χ2v) is 9.05. The predicted molar refractivity (Wildman–Crippen MR) is 122 cm³/mol. The van der Waals surface area contributed by atoms with Gasteiger partial charge >= 0.3 is 5.97 Å². The Morgan fingerprint density at radius 2 is 1.40 bits per heavy atom. The molecule has 0 spiro atoms. The van der Waals surface area contributed by atoms with Crippen LogP contribution in [-0.4, -0.2) is 5.97 Å². The molecule has 0 bridgehead atoms. The number of carbonyl (C=O) groups excluding carboxylic acids is 1. The van der Waals surface area contributed by atoms with E-state index in [9.17, 15) is 4.79 Å². The van der Waals surface area contributed by atoms with Gasteiger partial charge in [0.05, 0.1) is 5.56 Å². The Labute approximate surface area is 180 Å². The first kappa shape index (κ1) is 21.8. The van der Waals surface area contributed by atoms with E-state index >= 15 is 0 Å². The summed E-state index contributed by atoms with van der Waals surface area (Å²) in [7, 11) is 0. The molecule has 0 aliphatic heterocycles. The number of hydrogen-bond donors (Lipinski definition) is 1. The van der Waals surface area contributed by atoms with Gasteiger partial charge in [-0.25, -0.2) is 4.79 Å². The monoisotopic (exact) mass is 402 g/mol. The topological polar surface area (TPSA) is 42.9 Å². The lowest BCUT2D eigenvalue weighted by molar-refractivity contribution is -0.588. The van der Waals surface area contributed by atoms with Crippen molar-refractivity contribution in [3.8, 4) is 0 Å². The van der Waals surface area contributed by atoms with Crippen molar-refractivity contribution >= 4 is 11.7 Å². The molecular formula is C27H32NO2+. The number of aryl methyl sites for hydroxylation is 2. The lowest BCUT2D eigenvalue weighted by atomic mass is 9.87. The van der Waals surface area contributed by atoms with Crippen molar-refractivity contribution in [2.75, 3.05) is 0 Å². The van der Waals surface area contributed by atoms with E-state index in [0.29, 0.717) is 5.56 Å². The Morgan fingerprint density at radius 1 is 0.833 bits per heavy atom. The van der Waals surface area contributed by atoms with Gasteiger partial charge in [-0.2, -0.15) is 0 Å². The van der Waals surface area contributed by atoms with Gasteiger partial charge in [-0.3, -0.25) is 0 Å². The Kier molecular flexibility index (Phi) is 6.73. The number of ether oxygens (including phenoxy) is 1. The Morgan fingerprint density at radius 3 is 1.97 bits per heavy atom. The first-order valence-corrected chi connectivity index (χ1v) is 10.5. The summed E-state index contributed by atoms with van der Waals surface area (Å²) in [6, 6.07) is 22.8. The third kappa shape index (κ3) is 6.04. The van der Waals surface area contributed by atoms with E-state index in [0.717, 1.165) is 23.2 Å². The number of benzene rings is 3. The molecule has 3 aromatic rings. The highest BCUT2D eigenvalue weighted by Crippen LogP contribution is 2.22. The number of esters is 1. The van der Waals surface area contributed by atoms with Crippen molar-refractivity contribution in [1.82, 2.24) is 0 Å². The van der Waals surface area contributed by atoms with Gasteiger partial charge < -0.3 is 10.1 Å². The Balaban J connectivity index is 1.51. The van der Waals surface area contributed by atoms with E-state index in [-0.39, 0.29) is 18.0 Å². The van der Waals surface area contributed by atoms with Crippen LogP contribution in [0.4, 0.5) is 5.69 Å². The maximum Gasteiger partial charge on any atom is 0.338 e. The molecule has 0 heterocycles. The number of nitrogens with two attached hydrogens (primary N) is 1. The van der Waals surface area contributed by atoms with E-state index in [4.69, 9.17) is 4.74 Å². The normalized spacial score (nSPS) is 11.4. The van der Waals surface area contributed by atoms with Gasteiger partial charge in [0, 0.05) is 5.56 Å². The molecule has 0 aliphatic rings. The minimum atomic E-state index is -0.280. The van der Waals surface area contributed by atoms with Crippen LogP contribution < -0.4 is 5.32 Å². The highest BCUT2D eigenvalue weighted by atomic mass is 16.5. The Bertz CT molecular complexity index is 976. The van der Waals surface area contributed by atoms with E-state index in [2.05, 4.69) is 62.5 Å². The van der Waals surface area contributed by atoms with Crippen LogP contribution in [0.2, 0.25) is 0 Å². The molecule has 0 saturated carbocycles. The molecule has 3 rings (SSSR count). The summed E-state index contributed by atoms with van der Waals surface area (Å²) in [5.74, 6) is -0.280. The molecule has 0 aromatic heterocycles. The van der Waals surface area contributed by atoms with Gasteiger partial charge in [-0.05, 0) is 54.7 Å². The lowest BCUT2D eigenvalue weighted by Crippen LogP contribution is -2.76. The van der Waals surface area contributed by atoms with Gasteiger partial charge in [-0.1, -0.05) is 74.4 Å². The zero-order valence-electron chi connectivity index (χ0n) is 18.7. The number of hydrogen-bond acceptors (Lipinski definition) is 2. The highest BCUT2D eigenvalue weighted by Gasteiger charge is 2.13. The predicted octanol–water partition coefficient (Wildman–Crippen LogP) is 5.35. The molecule has 30 heavy (non-hydrogen) atoms. The van der Waals surface area contributed by atoms with Crippen molar-refractivity contribution in [3.05, 3.63) is 100 Å². The zero-order valence-corrected chi connectivity index (χ0v) is 18.7. The molecule has 0 atom stereocenters. The third-order valence-corrected chi connectivity index (χ3v) is 5.20. The molecule has 0 saturated heterocycles. The van der Waals surface area contributed by atoms with Gasteiger partial charge in [0.2, 0.25) is 0 Å². The fourth-order valence-electron chi connectivity index (χ4n) is 3.45. The average molecular weight is 403 g/mol. The molecule has 0 radical (unpaired) electrons. The first-order chi connectivity index (χ1) is 14.2. The molecule has 0 unspecified atom stereocenters. The van der Waals surface area contributed by atoms with Crippen molar-refractivity contribution in [1.29, 1.82) is 0 Å². The largest absolute Gasteiger partial charge is 0.457 e. The van der Waals surface area contributed by atoms with Crippen LogP contribution in [-0.2, 0) is 23.3 Å². The molecule has 2 N–H and O–H groups in total. The maximum absolute atomic E-state index is 12.3. The third-order valence-electron chi connectivity index (χ3n) is 5.20. The maximum atomic E-state index is 12.3. The molecule has 0 fully saturated rings. The van der Waals surface area contributed by atoms with Crippen molar-refractivity contribution < 1.29 is 14.8 Å². The van der Waals surface area contributed by atoms with Gasteiger partial charge in [0.15, 0.2) is 0 Å². The van der Waals surface area contributed by atoms with Crippen LogP contribution >= 0.6 is 0 Å². The number of quaternary nitrogens is 1. The molecule has 3 heteroatoms. The molecule has 0 amide bonds. The van der Waals surface area contributed by atoms with E-state index in [1.165, 1.54) is 16.8 Å². The van der Waals surface area contributed by atoms with E-state index < -0.39 is 0 Å². The fourth-order valence-corrected chi connectivity index (χ4v) is 3.45. The van der Waals surface area contributed by atoms with Crippen molar-refractivity contribution in [2.45, 2.75) is 53.2 Å². The summed E-state index contributed by atoms with van der Waals surface area (Å²) >= 11 is 0. The van der Waals surface area contributed by atoms with E-state index in [1.807, 2.05) is 44.2 Å². The summed E-state index contributed by atoms with van der Waals surface area (Å²) < 4.78 is 5.49. The molecular weight excluding hydrogens is 370 g/mol. The van der Waals surface area contributed by atoms with Gasteiger partial charge in [-0.15, -0.1) is 0 Å². The summed E-state index contributed by atoms with van der Waals surface area (Å²) in [5, 5.41) is 2.24. The minimum absolute atomic E-state index is 0.177. The van der Waals surface area contributed by atoms with Crippen LogP contribution in [0.15, 0.2) is 66.7 Å². The van der Waals surface area contributed by atoms with Crippen LogP contribution in [0.25, 0.3) is 0 Å². The summed E-state index contributed by atoms with van der Waals surface area (Å²) in [5.41, 5.74) is 7.72. The summed E-state index contributed by atoms with van der Waals surface area (Å²) in [6.45, 7) is 11.8. The lowest BCUT2D eigenvalue weighted by Gasteiger charge is -2.18. The number of carbonyl (C=O) groups is 1. The van der Waals surface area contributed by atoms with Crippen LogP contribution in [0.3, 0.4) is 0 Å². The fraction of sp³-hybridized carbons (Fsp3) is 0.296. The van der Waals surface area contributed by atoms with Gasteiger partial charge in [0.1, 0.15) is 18.8 Å². The second kappa shape index (κ2) is 9.27.